The smallest absolute Gasteiger partial charge is 0.257 e. The first-order valence-corrected chi connectivity index (χ1v) is 8.65. The molecule has 0 N–H and O–H groups in total. The van der Waals surface area contributed by atoms with Crippen molar-refractivity contribution in [1.82, 2.24) is 14.7 Å². The van der Waals surface area contributed by atoms with Gasteiger partial charge in [-0.2, -0.15) is 5.10 Å². The van der Waals surface area contributed by atoms with Gasteiger partial charge in [0, 0.05) is 31.7 Å². The van der Waals surface area contributed by atoms with E-state index < -0.39 is 0 Å². The van der Waals surface area contributed by atoms with Gasteiger partial charge >= 0.3 is 0 Å². The number of hydrogen-bond donors (Lipinski definition) is 0. The number of ether oxygens (including phenoxy) is 2. The normalized spacial score (nSPS) is 17.8. The van der Waals surface area contributed by atoms with Crippen LogP contribution in [-0.4, -0.2) is 53.5 Å². The van der Waals surface area contributed by atoms with Gasteiger partial charge in [0.2, 0.25) is 0 Å². The maximum atomic E-state index is 12.7. The van der Waals surface area contributed by atoms with Crippen LogP contribution in [0.3, 0.4) is 0 Å². The zero-order valence-corrected chi connectivity index (χ0v) is 15.0. The lowest BCUT2D eigenvalue weighted by Gasteiger charge is -2.33. The first-order valence-electron chi connectivity index (χ1n) is 8.65. The summed E-state index contributed by atoms with van der Waals surface area (Å²) in [7, 11) is 1.66. The molecule has 1 aliphatic heterocycles. The lowest BCUT2D eigenvalue weighted by molar-refractivity contribution is -0.0208. The number of nitrogens with zero attached hydrogens (tertiary/aromatic N) is 3. The van der Waals surface area contributed by atoms with Gasteiger partial charge in [-0.15, -0.1) is 0 Å². The second kappa shape index (κ2) is 7.70. The Balaban J connectivity index is 1.62. The highest BCUT2D eigenvalue weighted by Crippen LogP contribution is 2.17. The van der Waals surface area contributed by atoms with Gasteiger partial charge in [0.15, 0.2) is 0 Å². The van der Waals surface area contributed by atoms with Gasteiger partial charge in [-0.05, 0) is 31.5 Å². The van der Waals surface area contributed by atoms with Crippen LogP contribution in [0.1, 0.15) is 35.8 Å². The van der Waals surface area contributed by atoms with Crippen molar-refractivity contribution >= 4 is 5.91 Å². The average Bonchev–Trinajstić information content (AvgIpc) is 3.12. The maximum Gasteiger partial charge on any atom is 0.257 e. The summed E-state index contributed by atoms with van der Waals surface area (Å²) < 4.78 is 12.8. The zero-order chi connectivity index (χ0) is 17.8. The van der Waals surface area contributed by atoms with Crippen LogP contribution in [0.15, 0.2) is 36.7 Å². The van der Waals surface area contributed by atoms with Crippen molar-refractivity contribution in [3.05, 3.63) is 47.8 Å². The highest BCUT2D eigenvalue weighted by Gasteiger charge is 2.26. The first kappa shape index (κ1) is 17.5. The van der Waals surface area contributed by atoms with E-state index in [1.54, 1.807) is 13.3 Å². The number of aromatic nitrogens is 2. The molecule has 1 amide bonds. The van der Waals surface area contributed by atoms with E-state index in [0.717, 1.165) is 12.2 Å². The minimum atomic E-state index is 0.00578. The van der Waals surface area contributed by atoms with Gasteiger partial charge in [-0.3, -0.25) is 9.48 Å². The van der Waals surface area contributed by atoms with Gasteiger partial charge in [-0.25, -0.2) is 0 Å². The minimum Gasteiger partial charge on any atom is -0.497 e. The van der Waals surface area contributed by atoms with Crippen molar-refractivity contribution in [2.24, 2.45) is 0 Å². The number of benzene rings is 1. The lowest BCUT2D eigenvalue weighted by atomic mass is 10.1. The highest BCUT2D eigenvalue weighted by molar-refractivity contribution is 5.93. The molecular formula is C19H25N3O3. The van der Waals surface area contributed by atoms with Gasteiger partial charge < -0.3 is 14.4 Å². The summed E-state index contributed by atoms with van der Waals surface area (Å²) in [4.78, 5) is 14.6. The third kappa shape index (κ3) is 4.20. The fourth-order valence-corrected chi connectivity index (χ4v) is 2.97. The second-order valence-electron chi connectivity index (χ2n) is 6.60. The van der Waals surface area contributed by atoms with Gasteiger partial charge in [0.25, 0.3) is 5.91 Å². The van der Waals surface area contributed by atoms with E-state index in [9.17, 15) is 4.79 Å². The van der Waals surface area contributed by atoms with Crippen LogP contribution in [0, 0.1) is 0 Å². The molecule has 0 spiro atoms. The highest BCUT2D eigenvalue weighted by atomic mass is 16.5. The van der Waals surface area contributed by atoms with E-state index in [0.29, 0.717) is 25.3 Å². The van der Waals surface area contributed by atoms with Crippen LogP contribution in [0.25, 0.3) is 0 Å². The summed E-state index contributed by atoms with van der Waals surface area (Å²) in [5.41, 5.74) is 1.81. The number of methoxy groups -OCH3 is 1. The Kier molecular flexibility index (Phi) is 5.38. The van der Waals surface area contributed by atoms with Crippen LogP contribution in [-0.2, 0) is 11.2 Å². The molecule has 0 bridgehead atoms. The number of morpholine rings is 1. The number of carbonyl (C=O) groups is 1. The zero-order valence-electron chi connectivity index (χ0n) is 15.0. The molecule has 2 aromatic rings. The van der Waals surface area contributed by atoms with Crippen LogP contribution in [0.4, 0.5) is 0 Å². The first-order chi connectivity index (χ1) is 12.1. The Morgan fingerprint density at radius 2 is 2.12 bits per heavy atom. The summed E-state index contributed by atoms with van der Waals surface area (Å²) in [6.07, 6.45) is 4.25. The third-order valence-electron chi connectivity index (χ3n) is 4.43. The Labute approximate surface area is 148 Å². The fraction of sp³-hybridized carbons (Fsp3) is 0.474. The lowest BCUT2D eigenvalue weighted by Crippen LogP contribution is -2.46. The van der Waals surface area contributed by atoms with Crippen molar-refractivity contribution in [2.45, 2.75) is 32.4 Å². The van der Waals surface area contributed by atoms with Crippen LogP contribution < -0.4 is 4.74 Å². The summed E-state index contributed by atoms with van der Waals surface area (Å²) in [6, 6.07) is 8.21. The molecule has 0 saturated carbocycles. The van der Waals surface area contributed by atoms with Gasteiger partial charge in [-0.1, -0.05) is 12.1 Å². The summed E-state index contributed by atoms with van der Waals surface area (Å²) in [5.74, 6) is 0.863. The minimum absolute atomic E-state index is 0.00578. The number of hydrogen-bond acceptors (Lipinski definition) is 4. The molecule has 0 radical (unpaired) electrons. The topological polar surface area (TPSA) is 56.6 Å². The predicted octanol–water partition coefficient (Wildman–Crippen LogP) is 2.56. The van der Waals surface area contributed by atoms with Crippen molar-refractivity contribution in [3.63, 3.8) is 0 Å². The molecule has 0 aliphatic carbocycles. The fourth-order valence-electron chi connectivity index (χ4n) is 2.97. The second-order valence-corrected chi connectivity index (χ2v) is 6.60. The van der Waals surface area contributed by atoms with Crippen molar-refractivity contribution < 1.29 is 14.3 Å². The van der Waals surface area contributed by atoms with Crippen LogP contribution >= 0.6 is 0 Å². The van der Waals surface area contributed by atoms with Gasteiger partial charge in [0.05, 0.1) is 31.6 Å². The third-order valence-corrected chi connectivity index (χ3v) is 4.43. The molecule has 1 saturated heterocycles. The Bertz CT molecular complexity index is 709. The van der Waals surface area contributed by atoms with E-state index in [2.05, 4.69) is 5.10 Å². The monoisotopic (exact) mass is 343 g/mol. The number of carbonyl (C=O) groups excluding carboxylic acids is 1. The predicted molar refractivity (Wildman–Crippen MR) is 95.0 cm³/mol. The average molecular weight is 343 g/mol. The van der Waals surface area contributed by atoms with E-state index >= 15 is 0 Å². The van der Waals surface area contributed by atoms with Crippen LogP contribution in [0.2, 0.25) is 0 Å². The molecule has 1 aromatic carbocycles. The molecule has 1 fully saturated rings. The number of rotatable bonds is 5. The molecule has 6 nitrogen and oxygen atoms in total. The molecule has 1 unspecified atom stereocenters. The van der Waals surface area contributed by atoms with Crippen molar-refractivity contribution in [1.29, 1.82) is 0 Å². The van der Waals surface area contributed by atoms with E-state index in [-0.39, 0.29) is 18.1 Å². The molecule has 25 heavy (non-hydrogen) atoms. The quantitative estimate of drug-likeness (QED) is 0.837. The maximum absolute atomic E-state index is 12.7. The largest absolute Gasteiger partial charge is 0.497 e. The Hall–Kier alpha value is -2.34. The molecule has 2 heterocycles. The summed E-state index contributed by atoms with van der Waals surface area (Å²) in [5, 5.41) is 4.26. The van der Waals surface area contributed by atoms with E-state index in [4.69, 9.17) is 9.47 Å². The van der Waals surface area contributed by atoms with Gasteiger partial charge in [0.1, 0.15) is 5.75 Å². The summed E-state index contributed by atoms with van der Waals surface area (Å²) >= 11 is 0. The SMILES string of the molecule is COc1ccc(CC2CN(C(=O)c3cnn(C(C)C)c3)CCO2)cc1. The van der Waals surface area contributed by atoms with Crippen LogP contribution in [0.5, 0.6) is 5.75 Å². The van der Waals surface area contributed by atoms with Crippen molar-refractivity contribution in [2.75, 3.05) is 26.8 Å². The molecule has 3 rings (SSSR count). The molecule has 6 heteroatoms. The standard InChI is InChI=1S/C19H25N3O3/c1-14(2)22-12-16(11-20-22)19(23)21-8-9-25-18(13-21)10-15-4-6-17(24-3)7-5-15/h4-7,11-12,14,18H,8-10,13H2,1-3H3. The molecule has 1 aliphatic rings. The summed E-state index contributed by atoms with van der Waals surface area (Å²) in [6.45, 7) is 5.86. The molecule has 134 valence electrons. The Morgan fingerprint density at radius 1 is 1.36 bits per heavy atom. The van der Waals surface area contributed by atoms with E-state index in [1.165, 1.54) is 5.56 Å². The molecule has 1 aromatic heterocycles. The Morgan fingerprint density at radius 3 is 2.76 bits per heavy atom. The molecular weight excluding hydrogens is 318 g/mol. The van der Waals surface area contributed by atoms with Crippen molar-refractivity contribution in [3.8, 4) is 5.75 Å². The number of amides is 1. The van der Waals surface area contributed by atoms with E-state index in [1.807, 2.05) is 53.9 Å². The molecule has 1 atom stereocenters.